The fourth-order valence-electron chi connectivity index (χ4n) is 2.42. The van der Waals surface area contributed by atoms with Gasteiger partial charge in [0, 0.05) is 6.42 Å². The molecule has 2 N–H and O–H groups in total. The third-order valence-corrected chi connectivity index (χ3v) is 3.30. The molecule has 0 amide bonds. The number of rotatable bonds is 5. The first-order valence-corrected chi connectivity index (χ1v) is 6.12. The zero-order valence-electron chi connectivity index (χ0n) is 9.71. The minimum atomic E-state index is -0.0280. The van der Waals surface area contributed by atoms with Gasteiger partial charge in [-0.25, -0.2) is 0 Å². The first-order chi connectivity index (χ1) is 7.26. The van der Waals surface area contributed by atoms with Gasteiger partial charge in [0.15, 0.2) is 0 Å². The summed E-state index contributed by atoms with van der Waals surface area (Å²) >= 11 is 0. The molecule has 0 aromatic heterocycles. The van der Waals surface area contributed by atoms with Crippen LogP contribution in [0.4, 0.5) is 0 Å². The van der Waals surface area contributed by atoms with Gasteiger partial charge in [0.05, 0.1) is 6.61 Å². The zero-order valence-corrected chi connectivity index (χ0v) is 9.71. The molecule has 1 rings (SSSR count). The molecular weight excluding hydrogens is 190 g/mol. The predicted molar refractivity (Wildman–Crippen MR) is 60.4 cm³/mol. The van der Waals surface area contributed by atoms with Gasteiger partial charge in [-0.2, -0.15) is 0 Å². The minimum absolute atomic E-state index is 0.0280. The number of hydrogen-bond acceptors (Lipinski definition) is 3. The molecule has 0 bridgehead atoms. The molecule has 1 fully saturated rings. The van der Waals surface area contributed by atoms with Crippen LogP contribution in [0.2, 0.25) is 0 Å². The van der Waals surface area contributed by atoms with E-state index < -0.39 is 0 Å². The van der Waals surface area contributed by atoms with E-state index in [4.69, 9.17) is 10.5 Å². The molecule has 0 aromatic carbocycles. The highest BCUT2D eigenvalue weighted by molar-refractivity contribution is 5.69. The molecule has 0 aromatic rings. The Morgan fingerprint density at radius 3 is 2.40 bits per heavy atom. The van der Waals surface area contributed by atoms with Crippen molar-refractivity contribution in [3.05, 3.63) is 0 Å². The summed E-state index contributed by atoms with van der Waals surface area (Å²) in [6.45, 7) is 3.16. The van der Waals surface area contributed by atoms with E-state index in [1.807, 2.05) is 6.92 Å². The van der Waals surface area contributed by atoms with Crippen molar-refractivity contribution in [3.63, 3.8) is 0 Å². The fourth-order valence-corrected chi connectivity index (χ4v) is 2.42. The summed E-state index contributed by atoms with van der Waals surface area (Å²) in [5.41, 5.74) is 5.54. The van der Waals surface area contributed by atoms with Crippen LogP contribution in [-0.4, -0.2) is 19.1 Å². The Balaban J connectivity index is 2.16. The summed E-state index contributed by atoms with van der Waals surface area (Å²) in [5, 5.41) is 0. The largest absolute Gasteiger partial charge is 0.466 e. The smallest absolute Gasteiger partial charge is 0.306 e. The number of nitrogens with two attached hydrogens (primary N) is 1. The molecule has 15 heavy (non-hydrogen) atoms. The molecule has 0 radical (unpaired) electrons. The lowest BCUT2D eigenvalue weighted by atomic mass is 9.79. The number of esters is 1. The van der Waals surface area contributed by atoms with E-state index in [0.29, 0.717) is 18.9 Å². The fraction of sp³-hybridized carbons (Fsp3) is 0.917. The molecule has 0 atom stereocenters. The topological polar surface area (TPSA) is 52.3 Å². The van der Waals surface area contributed by atoms with Gasteiger partial charge >= 0.3 is 5.97 Å². The summed E-state index contributed by atoms with van der Waals surface area (Å²) in [6.07, 6.45) is 6.57. The van der Waals surface area contributed by atoms with Gasteiger partial charge in [0.2, 0.25) is 0 Å². The summed E-state index contributed by atoms with van der Waals surface area (Å²) in [7, 11) is 0. The molecule has 88 valence electrons. The van der Waals surface area contributed by atoms with Gasteiger partial charge < -0.3 is 10.5 Å². The van der Waals surface area contributed by atoms with Crippen LogP contribution in [0.25, 0.3) is 0 Å². The van der Waals surface area contributed by atoms with Crippen molar-refractivity contribution in [2.24, 2.45) is 17.6 Å². The molecule has 3 heteroatoms. The lowest BCUT2D eigenvalue weighted by Gasteiger charge is -2.27. The third-order valence-electron chi connectivity index (χ3n) is 3.30. The lowest BCUT2D eigenvalue weighted by molar-refractivity contribution is -0.144. The maximum Gasteiger partial charge on any atom is 0.306 e. The van der Waals surface area contributed by atoms with Gasteiger partial charge in [0.25, 0.3) is 0 Å². The Bertz CT molecular complexity index is 186. The van der Waals surface area contributed by atoms with Crippen LogP contribution in [0.3, 0.4) is 0 Å². The van der Waals surface area contributed by atoms with Gasteiger partial charge in [-0.05, 0) is 44.6 Å². The van der Waals surface area contributed by atoms with Crippen molar-refractivity contribution in [1.29, 1.82) is 0 Å². The first kappa shape index (κ1) is 12.5. The average molecular weight is 213 g/mol. The van der Waals surface area contributed by atoms with E-state index in [1.54, 1.807) is 0 Å². The third kappa shape index (κ3) is 4.65. The van der Waals surface area contributed by atoms with Crippen molar-refractivity contribution in [1.82, 2.24) is 0 Å². The Morgan fingerprint density at radius 2 is 1.87 bits per heavy atom. The lowest BCUT2D eigenvalue weighted by Crippen LogP contribution is -2.20. The molecule has 1 aliphatic carbocycles. The second-order valence-electron chi connectivity index (χ2n) is 4.47. The molecule has 1 saturated carbocycles. The molecular formula is C12H23NO2. The maximum atomic E-state index is 11.3. The SMILES string of the molecule is CCOC(=O)CC1CCC(CCN)CC1. The standard InChI is InChI=1S/C12H23NO2/c1-2-15-12(14)9-11-5-3-10(4-6-11)7-8-13/h10-11H,2-9,13H2,1H3. The second kappa shape index (κ2) is 6.83. The number of ether oxygens (including phenoxy) is 1. The van der Waals surface area contributed by atoms with E-state index >= 15 is 0 Å². The van der Waals surface area contributed by atoms with Gasteiger partial charge in [-0.15, -0.1) is 0 Å². The summed E-state index contributed by atoms with van der Waals surface area (Å²) in [5.74, 6) is 1.33. The summed E-state index contributed by atoms with van der Waals surface area (Å²) in [4.78, 5) is 11.3. The van der Waals surface area contributed by atoms with E-state index in [1.165, 1.54) is 25.7 Å². The number of hydrogen-bond donors (Lipinski definition) is 1. The Morgan fingerprint density at radius 1 is 1.27 bits per heavy atom. The van der Waals surface area contributed by atoms with Crippen LogP contribution in [-0.2, 0) is 9.53 Å². The van der Waals surface area contributed by atoms with Crippen LogP contribution in [0.1, 0.15) is 45.4 Å². The molecule has 0 aliphatic heterocycles. The van der Waals surface area contributed by atoms with Crippen molar-refractivity contribution >= 4 is 5.97 Å². The van der Waals surface area contributed by atoms with Gasteiger partial charge in [-0.3, -0.25) is 4.79 Å². The molecule has 0 saturated heterocycles. The van der Waals surface area contributed by atoms with Crippen molar-refractivity contribution in [2.75, 3.05) is 13.2 Å². The van der Waals surface area contributed by atoms with E-state index in [-0.39, 0.29) is 5.97 Å². The van der Waals surface area contributed by atoms with Crippen LogP contribution < -0.4 is 5.73 Å². The quantitative estimate of drug-likeness (QED) is 0.711. The summed E-state index contributed by atoms with van der Waals surface area (Å²) < 4.78 is 4.96. The highest BCUT2D eigenvalue weighted by Gasteiger charge is 2.22. The van der Waals surface area contributed by atoms with Crippen LogP contribution in [0, 0.1) is 11.8 Å². The molecule has 0 heterocycles. The molecule has 0 spiro atoms. The molecule has 1 aliphatic rings. The highest BCUT2D eigenvalue weighted by atomic mass is 16.5. The van der Waals surface area contributed by atoms with Crippen molar-refractivity contribution < 1.29 is 9.53 Å². The normalized spacial score (nSPS) is 26.3. The predicted octanol–water partition coefficient (Wildman–Crippen LogP) is 2.09. The van der Waals surface area contributed by atoms with Gasteiger partial charge in [-0.1, -0.05) is 12.8 Å². The minimum Gasteiger partial charge on any atom is -0.466 e. The Hall–Kier alpha value is -0.570. The van der Waals surface area contributed by atoms with Gasteiger partial charge in [0.1, 0.15) is 0 Å². The van der Waals surface area contributed by atoms with Crippen LogP contribution >= 0.6 is 0 Å². The Labute approximate surface area is 92.4 Å². The van der Waals surface area contributed by atoms with E-state index in [0.717, 1.165) is 18.9 Å². The molecule has 0 unspecified atom stereocenters. The second-order valence-corrected chi connectivity index (χ2v) is 4.47. The number of carbonyl (C=O) groups excluding carboxylic acids is 1. The highest BCUT2D eigenvalue weighted by Crippen LogP contribution is 2.32. The maximum absolute atomic E-state index is 11.3. The van der Waals surface area contributed by atoms with E-state index in [2.05, 4.69) is 0 Å². The van der Waals surface area contributed by atoms with Crippen LogP contribution in [0.15, 0.2) is 0 Å². The monoisotopic (exact) mass is 213 g/mol. The van der Waals surface area contributed by atoms with E-state index in [9.17, 15) is 4.79 Å². The average Bonchev–Trinajstić information content (AvgIpc) is 2.22. The van der Waals surface area contributed by atoms with Crippen LogP contribution in [0.5, 0.6) is 0 Å². The Kier molecular flexibility index (Phi) is 5.69. The molecule has 3 nitrogen and oxygen atoms in total. The first-order valence-electron chi connectivity index (χ1n) is 6.12. The zero-order chi connectivity index (χ0) is 11.1. The summed E-state index contributed by atoms with van der Waals surface area (Å²) in [6, 6.07) is 0. The van der Waals surface area contributed by atoms with Crippen molar-refractivity contribution in [3.8, 4) is 0 Å². The van der Waals surface area contributed by atoms with Crippen molar-refractivity contribution in [2.45, 2.75) is 45.4 Å². The number of carbonyl (C=O) groups is 1.